The predicted molar refractivity (Wildman–Crippen MR) is 65.1 cm³/mol. The first-order valence-corrected chi connectivity index (χ1v) is 5.78. The lowest BCUT2D eigenvalue weighted by molar-refractivity contribution is 0.0912. The first-order chi connectivity index (χ1) is 8.24. The first kappa shape index (κ1) is 13.4. The number of rotatable bonds is 7. The van der Waals surface area contributed by atoms with E-state index in [2.05, 4.69) is 17.2 Å². The van der Waals surface area contributed by atoms with Crippen LogP contribution in [0.15, 0.2) is 23.1 Å². The Bertz CT molecular complexity index is 401. The lowest BCUT2D eigenvalue weighted by Crippen LogP contribution is -2.28. The molecule has 0 aromatic carbocycles. The van der Waals surface area contributed by atoms with E-state index in [0.29, 0.717) is 18.7 Å². The van der Waals surface area contributed by atoms with E-state index in [1.807, 2.05) is 0 Å². The topological polar surface area (TPSA) is 71.2 Å². The molecule has 17 heavy (non-hydrogen) atoms. The lowest BCUT2D eigenvalue weighted by Gasteiger charge is -2.05. The highest BCUT2D eigenvalue weighted by Crippen LogP contribution is 1.92. The average molecular weight is 238 g/mol. The van der Waals surface area contributed by atoms with Crippen molar-refractivity contribution in [3.05, 3.63) is 34.2 Å². The second-order valence-corrected chi connectivity index (χ2v) is 3.66. The van der Waals surface area contributed by atoms with Crippen LogP contribution in [0.1, 0.15) is 30.1 Å². The van der Waals surface area contributed by atoms with Crippen molar-refractivity contribution in [2.45, 2.75) is 19.8 Å². The van der Waals surface area contributed by atoms with Crippen molar-refractivity contribution in [2.75, 3.05) is 19.8 Å². The smallest absolute Gasteiger partial charge is 0.251 e. The van der Waals surface area contributed by atoms with Crippen LogP contribution < -0.4 is 10.9 Å². The first-order valence-electron chi connectivity index (χ1n) is 5.78. The van der Waals surface area contributed by atoms with Crippen LogP contribution in [0, 0.1) is 0 Å². The minimum atomic E-state index is -0.281. The summed E-state index contributed by atoms with van der Waals surface area (Å²) in [6, 6.07) is 2.84. The van der Waals surface area contributed by atoms with Crippen LogP contribution in [0.3, 0.4) is 0 Å². The van der Waals surface area contributed by atoms with Crippen LogP contribution in [-0.4, -0.2) is 30.6 Å². The number of unbranched alkanes of at least 4 members (excludes halogenated alkanes) is 1. The molecule has 0 saturated heterocycles. The van der Waals surface area contributed by atoms with Crippen molar-refractivity contribution >= 4 is 5.91 Å². The number of H-pyrrole nitrogens is 1. The zero-order chi connectivity index (χ0) is 12.5. The number of nitrogens with one attached hydrogen (secondary N) is 2. The number of amides is 1. The second kappa shape index (κ2) is 7.62. The summed E-state index contributed by atoms with van der Waals surface area (Å²) in [7, 11) is 0. The molecule has 5 heteroatoms. The molecule has 0 saturated carbocycles. The highest BCUT2D eigenvalue weighted by atomic mass is 16.5. The maximum Gasteiger partial charge on any atom is 0.251 e. The Hall–Kier alpha value is -1.62. The molecule has 0 aliphatic heterocycles. The summed E-state index contributed by atoms with van der Waals surface area (Å²) >= 11 is 0. The number of aromatic amines is 1. The quantitative estimate of drug-likeness (QED) is 0.694. The predicted octanol–water partition coefficient (Wildman–Crippen LogP) is 0.921. The Morgan fingerprint density at radius 1 is 1.47 bits per heavy atom. The van der Waals surface area contributed by atoms with Crippen molar-refractivity contribution in [1.29, 1.82) is 0 Å². The van der Waals surface area contributed by atoms with Crippen LogP contribution in [0.4, 0.5) is 0 Å². The molecule has 0 aliphatic carbocycles. The Morgan fingerprint density at radius 2 is 2.29 bits per heavy atom. The summed E-state index contributed by atoms with van der Waals surface area (Å²) in [5, 5.41) is 2.69. The fraction of sp³-hybridized carbons (Fsp3) is 0.500. The molecule has 0 atom stereocenters. The molecule has 1 heterocycles. The van der Waals surface area contributed by atoms with Crippen molar-refractivity contribution < 1.29 is 9.53 Å². The molecule has 0 spiro atoms. The van der Waals surface area contributed by atoms with Gasteiger partial charge in [0.2, 0.25) is 5.56 Å². The molecule has 1 aromatic heterocycles. The van der Waals surface area contributed by atoms with Gasteiger partial charge in [0.1, 0.15) is 0 Å². The largest absolute Gasteiger partial charge is 0.380 e. The third-order valence-corrected chi connectivity index (χ3v) is 2.21. The van der Waals surface area contributed by atoms with Gasteiger partial charge in [-0.15, -0.1) is 0 Å². The summed E-state index contributed by atoms with van der Waals surface area (Å²) in [6.45, 7) is 3.76. The third kappa shape index (κ3) is 5.31. The Labute approximate surface area is 100 Å². The van der Waals surface area contributed by atoms with Gasteiger partial charge >= 0.3 is 0 Å². The van der Waals surface area contributed by atoms with Crippen LogP contribution in [0.25, 0.3) is 0 Å². The summed E-state index contributed by atoms with van der Waals surface area (Å²) in [5.41, 5.74) is 0.0825. The number of ether oxygens (including phenoxy) is 1. The second-order valence-electron chi connectivity index (χ2n) is 3.66. The van der Waals surface area contributed by atoms with E-state index < -0.39 is 0 Å². The molecule has 0 aliphatic rings. The van der Waals surface area contributed by atoms with Gasteiger partial charge in [0.15, 0.2) is 0 Å². The van der Waals surface area contributed by atoms with E-state index in [9.17, 15) is 9.59 Å². The highest BCUT2D eigenvalue weighted by Gasteiger charge is 2.04. The van der Waals surface area contributed by atoms with Crippen LogP contribution >= 0.6 is 0 Å². The van der Waals surface area contributed by atoms with Gasteiger partial charge in [-0.2, -0.15) is 0 Å². The molecular formula is C12H18N2O3. The lowest BCUT2D eigenvalue weighted by atomic mass is 10.2. The van der Waals surface area contributed by atoms with Crippen LogP contribution in [0.2, 0.25) is 0 Å². The molecule has 1 aromatic rings. The normalized spacial score (nSPS) is 10.2. The van der Waals surface area contributed by atoms with Gasteiger partial charge in [0.25, 0.3) is 5.91 Å². The highest BCUT2D eigenvalue weighted by molar-refractivity contribution is 5.93. The van der Waals surface area contributed by atoms with E-state index in [1.165, 1.54) is 12.3 Å². The van der Waals surface area contributed by atoms with Crippen molar-refractivity contribution in [1.82, 2.24) is 10.3 Å². The monoisotopic (exact) mass is 238 g/mol. The van der Waals surface area contributed by atoms with Gasteiger partial charge in [-0.05, 0) is 12.5 Å². The zero-order valence-corrected chi connectivity index (χ0v) is 9.99. The fourth-order valence-corrected chi connectivity index (χ4v) is 1.27. The minimum absolute atomic E-state index is 0.254. The van der Waals surface area contributed by atoms with E-state index in [1.54, 1.807) is 6.07 Å². The molecule has 0 fully saturated rings. The van der Waals surface area contributed by atoms with Crippen molar-refractivity contribution in [3.63, 3.8) is 0 Å². The van der Waals surface area contributed by atoms with Crippen molar-refractivity contribution in [3.8, 4) is 0 Å². The molecule has 1 rings (SSSR count). The minimum Gasteiger partial charge on any atom is -0.380 e. The van der Waals surface area contributed by atoms with E-state index in [0.717, 1.165) is 19.4 Å². The molecule has 5 nitrogen and oxygen atoms in total. The van der Waals surface area contributed by atoms with Crippen molar-refractivity contribution in [2.24, 2.45) is 0 Å². The van der Waals surface area contributed by atoms with Gasteiger partial charge in [-0.25, -0.2) is 0 Å². The number of pyridine rings is 1. The van der Waals surface area contributed by atoms with Gasteiger partial charge in [0, 0.05) is 31.0 Å². The van der Waals surface area contributed by atoms with Gasteiger partial charge in [0.05, 0.1) is 6.61 Å². The van der Waals surface area contributed by atoms with E-state index >= 15 is 0 Å². The molecule has 2 N–H and O–H groups in total. The third-order valence-electron chi connectivity index (χ3n) is 2.21. The molecule has 0 bridgehead atoms. The summed E-state index contributed by atoms with van der Waals surface area (Å²) in [6.07, 6.45) is 3.58. The SMILES string of the molecule is CCCCOCCNC(=O)c1cc[nH]c(=O)c1. The summed E-state index contributed by atoms with van der Waals surface area (Å²) in [5.74, 6) is -0.254. The summed E-state index contributed by atoms with van der Waals surface area (Å²) < 4.78 is 5.30. The van der Waals surface area contributed by atoms with E-state index in [4.69, 9.17) is 4.74 Å². The molecule has 1 amide bonds. The number of carbonyl (C=O) groups is 1. The van der Waals surface area contributed by atoms with Gasteiger partial charge in [-0.3, -0.25) is 9.59 Å². The van der Waals surface area contributed by atoms with Gasteiger partial charge < -0.3 is 15.0 Å². The molecule has 0 unspecified atom stereocenters. The fourth-order valence-electron chi connectivity index (χ4n) is 1.27. The molecule has 0 radical (unpaired) electrons. The Morgan fingerprint density at radius 3 is 3.00 bits per heavy atom. The number of carbonyl (C=O) groups excluding carboxylic acids is 1. The summed E-state index contributed by atoms with van der Waals surface area (Å²) in [4.78, 5) is 25.0. The number of aromatic nitrogens is 1. The number of hydrogen-bond acceptors (Lipinski definition) is 3. The van der Waals surface area contributed by atoms with E-state index in [-0.39, 0.29) is 11.5 Å². The number of hydrogen-bond donors (Lipinski definition) is 2. The Balaban J connectivity index is 2.24. The van der Waals surface area contributed by atoms with Gasteiger partial charge in [-0.1, -0.05) is 13.3 Å². The zero-order valence-electron chi connectivity index (χ0n) is 9.99. The standard InChI is InChI=1S/C12H18N2O3/c1-2-3-7-17-8-6-14-12(16)10-4-5-13-11(15)9-10/h4-5,9H,2-3,6-8H2,1H3,(H,13,15)(H,14,16). The molecule has 94 valence electrons. The maximum atomic E-state index is 11.6. The maximum absolute atomic E-state index is 11.6. The van der Waals surface area contributed by atoms with Crippen LogP contribution in [-0.2, 0) is 4.74 Å². The average Bonchev–Trinajstić information content (AvgIpc) is 2.33. The molecular weight excluding hydrogens is 220 g/mol. The van der Waals surface area contributed by atoms with Crippen LogP contribution in [0.5, 0.6) is 0 Å². The Kier molecular flexibility index (Phi) is 6.03.